The fourth-order valence-corrected chi connectivity index (χ4v) is 5.22. The Kier molecular flexibility index (Phi) is 4.68. The number of nitrogens with one attached hydrogen (secondary N) is 2. The molecule has 2 N–H and O–H groups in total. The van der Waals surface area contributed by atoms with Crippen LogP contribution in [0.4, 0.5) is 0 Å². The number of carbonyl (C=O) groups excluding carboxylic acids is 1. The van der Waals surface area contributed by atoms with Crippen molar-refractivity contribution < 1.29 is 9.53 Å². The monoisotopic (exact) mass is 381 g/mol. The third kappa shape index (κ3) is 3.25. The summed E-state index contributed by atoms with van der Waals surface area (Å²) >= 11 is 0. The summed E-state index contributed by atoms with van der Waals surface area (Å²) in [5, 5.41) is 4.52. The van der Waals surface area contributed by atoms with Crippen LogP contribution >= 0.6 is 0 Å². The van der Waals surface area contributed by atoms with Crippen molar-refractivity contribution in [2.24, 2.45) is 5.92 Å². The SMILES string of the molecule is CC(C)[C@@H]1CN2C[C@@H](NC(=O)c3ccc4[nH]c5c(c4c3)CCCC5)C[C@H]2CO1. The summed E-state index contributed by atoms with van der Waals surface area (Å²) in [6.45, 7) is 7.14. The molecule has 2 aliphatic heterocycles. The molecule has 1 aromatic heterocycles. The minimum absolute atomic E-state index is 0.0545. The zero-order valence-corrected chi connectivity index (χ0v) is 17.0. The molecule has 0 bridgehead atoms. The van der Waals surface area contributed by atoms with E-state index < -0.39 is 0 Å². The highest BCUT2D eigenvalue weighted by Gasteiger charge is 2.38. The third-order valence-electron chi connectivity index (χ3n) is 6.88. The molecule has 3 atom stereocenters. The first-order valence-electron chi connectivity index (χ1n) is 10.9. The van der Waals surface area contributed by atoms with E-state index in [0.717, 1.165) is 44.5 Å². The van der Waals surface area contributed by atoms with Gasteiger partial charge in [-0.1, -0.05) is 13.8 Å². The Morgan fingerprint density at radius 3 is 2.96 bits per heavy atom. The number of amides is 1. The molecule has 0 spiro atoms. The highest BCUT2D eigenvalue weighted by atomic mass is 16.5. The van der Waals surface area contributed by atoms with E-state index in [0.29, 0.717) is 18.1 Å². The maximum absolute atomic E-state index is 12.9. The molecule has 2 saturated heterocycles. The van der Waals surface area contributed by atoms with Gasteiger partial charge >= 0.3 is 0 Å². The van der Waals surface area contributed by atoms with Gasteiger partial charge in [-0.2, -0.15) is 0 Å². The van der Waals surface area contributed by atoms with Crippen molar-refractivity contribution in [3.8, 4) is 0 Å². The molecule has 2 fully saturated rings. The van der Waals surface area contributed by atoms with Crippen molar-refractivity contribution in [3.05, 3.63) is 35.0 Å². The van der Waals surface area contributed by atoms with E-state index in [4.69, 9.17) is 4.74 Å². The van der Waals surface area contributed by atoms with Crippen molar-refractivity contribution >= 4 is 16.8 Å². The standard InChI is InChI=1S/C23H31N3O2/c1-14(2)22-12-26-11-16(10-17(26)13-28-22)24-23(27)15-7-8-21-19(9-15)18-5-3-4-6-20(18)25-21/h7-9,14,16-17,22,25H,3-6,10-13H2,1-2H3,(H,24,27)/t16-,17-,22-/m0/s1. The number of ether oxygens (including phenoxy) is 1. The molecule has 0 radical (unpaired) electrons. The Balaban J connectivity index is 1.28. The fourth-order valence-electron chi connectivity index (χ4n) is 5.22. The lowest BCUT2D eigenvalue weighted by Crippen LogP contribution is -2.48. The Labute approximate surface area is 166 Å². The van der Waals surface area contributed by atoms with Gasteiger partial charge in [-0.05, 0) is 61.8 Å². The summed E-state index contributed by atoms with van der Waals surface area (Å²) in [6, 6.07) is 6.77. The quantitative estimate of drug-likeness (QED) is 0.858. The van der Waals surface area contributed by atoms with E-state index in [1.807, 2.05) is 6.07 Å². The van der Waals surface area contributed by atoms with Crippen LogP contribution in [0.25, 0.3) is 10.9 Å². The largest absolute Gasteiger partial charge is 0.375 e. The molecule has 1 aliphatic carbocycles. The highest BCUT2D eigenvalue weighted by Crippen LogP contribution is 2.30. The van der Waals surface area contributed by atoms with Gasteiger partial charge in [0.05, 0.1) is 12.7 Å². The van der Waals surface area contributed by atoms with Crippen LogP contribution in [0.3, 0.4) is 0 Å². The van der Waals surface area contributed by atoms with E-state index in [1.165, 1.54) is 35.0 Å². The lowest BCUT2D eigenvalue weighted by atomic mass is 9.95. The number of morpholine rings is 1. The second-order valence-corrected chi connectivity index (χ2v) is 9.18. The minimum atomic E-state index is 0.0545. The first-order chi connectivity index (χ1) is 13.6. The molecule has 1 aromatic carbocycles. The first-order valence-corrected chi connectivity index (χ1v) is 10.9. The molecule has 5 nitrogen and oxygen atoms in total. The molecule has 0 saturated carbocycles. The molecule has 150 valence electrons. The maximum Gasteiger partial charge on any atom is 0.251 e. The Morgan fingerprint density at radius 1 is 1.25 bits per heavy atom. The lowest BCUT2D eigenvalue weighted by molar-refractivity contribution is -0.0683. The molecule has 28 heavy (non-hydrogen) atoms. The fraction of sp³-hybridized carbons (Fsp3) is 0.609. The number of hydrogen-bond donors (Lipinski definition) is 2. The second kappa shape index (κ2) is 7.20. The molecule has 3 aliphatic rings. The summed E-state index contributed by atoms with van der Waals surface area (Å²) in [5.74, 6) is 0.590. The summed E-state index contributed by atoms with van der Waals surface area (Å²) in [7, 11) is 0. The predicted octanol–water partition coefficient (Wildman–Crippen LogP) is 3.27. The van der Waals surface area contributed by atoms with Gasteiger partial charge in [-0.3, -0.25) is 9.69 Å². The molecule has 5 rings (SSSR count). The van der Waals surface area contributed by atoms with Gasteiger partial charge in [0, 0.05) is 47.3 Å². The second-order valence-electron chi connectivity index (χ2n) is 9.18. The van der Waals surface area contributed by atoms with Crippen molar-refractivity contribution in [2.45, 2.75) is 64.1 Å². The molecule has 2 aromatic rings. The zero-order valence-electron chi connectivity index (χ0n) is 17.0. The number of benzene rings is 1. The summed E-state index contributed by atoms with van der Waals surface area (Å²) in [4.78, 5) is 19.0. The maximum atomic E-state index is 12.9. The average Bonchev–Trinajstić information content (AvgIpc) is 3.27. The Bertz CT molecular complexity index is 887. The lowest BCUT2D eigenvalue weighted by Gasteiger charge is -2.36. The van der Waals surface area contributed by atoms with Gasteiger partial charge in [-0.25, -0.2) is 0 Å². The van der Waals surface area contributed by atoms with Gasteiger partial charge in [0.1, 0.15) is 0 Å². The Morgan fingerprint density at radius 2 is 2.11 bits per heavy atom. The number of H-pyrrole nitrogens is 1. The number of fused-ring (bicyclic) bond motifs is 4. The van der Waals surface area contributed by atoms with Crippen molar-refractivity contribution in [1.29, 1.82) is 0 Å². The summed E-state index contributed by atoms with van der Waals surface area (Å²) in [5.41, 5.74) is 4.73. The van der Waals surface area contributed by atoms with E-state index in [-0.39, 0.29) is 11.9 Å². The van der Waals surface area contributed by atoms with Crippen molar-refractivity contribution in [3.63, 3.8) is 0 Å². The van der Waals surface area contributed by atoms with Crippen molar-refractivity contribution in [1.82, 2.24) is 15.2 Å². The van der Waals surface area contributed by atoms with Crippen LogP contribution < -0.4 is 5.32 Å². The van der Waals surface area contributed by atoms with Gasteiger partial charge in [0.2, 0.25) is 0 Å². The number of aromatic nitrogens is 1. The Hall–Kier alpha value is -1.85. The van der Waals surface area contributed by atoms with Crippen LogP contribution in [0.15, 0.2) is 18.2 Å². The number of hydrogen-bond acceptors (Lipinski definition) is 3. The summed E-state index contributed by atoms with van der Waals surface area (Å²) in [6.07, 6.45) is 6.05. The molecule has 3 heterocycles. The van der Waals surface area contributed by atoms with Crippen LogP contribution in [-0.4, -0.2) is 53.7 Å². The molecule has 5 heteroatoms. The number of nitrogens with zero attached hydrogens (tertiary/aromatic N) is 1. The third-order valence-corrected chi connectivity index (χ3v) is 6.88. The number of carbonyl (C=O) groups is 1. The predicted molar refractivity (Wildman–Crippen MR) is 111 cm³/mol. The highest BCUT2D eigenvalue weighted by molar-refractivity contribution is 5.99. The van der Waals surface area contributed by atoms with E-state index in [1.54, 1.807) is 0 Å². The molecule has 1 amide bonds. The summed E-state index contributed by atoms with van der Waals surface area (Å²) < 4.78 is 6.03. The van der Waals surface area contributed by atoms with Crippen LogP contribution in [0, 0.1) is 5.92 Å². The normalized spacial score (nSPS) is 27.8. The zero-order chi connectivity index (χ0) is 19.3. The van der Waals surface area contributed by atoms with E-state index in [2.05, 4.69) is 41.2 Å². The molecule has 0 unspecified atom stereocenters. The van der Waals surface area contributed by atoms with Gasteiger partial charge in [-0.15, -0.1) is 0 Å². The smallest absolute Gasteiger partial charge is 0.251 e. The minimum Gasteiger partial charge on any atom is -0.375 e. The number of rotatable bonds is 3. The molecular weight excluding hydrogens is 350 g/mol. The van der Waals surface area contributed by atoms with Crippen LogP contribution in [0.5, 0.6) is 0 Å². The van der Waals surface area contributed by atoms with Gasteiger partial charge in [0.25, 0.3) is 5.91 Å². The van der Waals surface area contributed by atoms with E-state index in [9.17, 15) is 4.79 Å². The topological polar surface area (TPSA) is 57.4 Å². The van der Waals surface area contributed by atoms with Crippen molar-refractivity contribution in [2.75, 3.05) is 19.7 Å². The first kappa shape index (κ1) is 18.2. The number of aryl methyl sites for hydroxylation is 2. The molecular formula is C23H31N3O2. The van der Waals surface area contributed by atoms with Crippen LogP contribution in [0.2, 0.25) is 0 Å². The van der Waals surface area contributed by atoms with Gasteiger partial charge in [0.15, 0.2) is 0 Å². The number of aromatic amines is 1. The van der Waals surface area contributed by atoms with Gasteiger partial charge < -0.3 is 15.0 Å². The van der Waals surface area contributed by atoms with Crippen LogP contribution in [0.1, 0.15) is 54.7 Å². The van der Waals surface area contributed by atoms with Crippen LogP contribution in [-0.2, 0) is 17.6 Å². The van der Waals surface area contributed by atoms with E-state index >= 15 is 0 Å². The average molecular weight is 382 g/mol.